The van der Waals surface area contributed by atoms with E-state index in [2.05, 4.69) is 4.98 Å². The molecule has 13 heavy (non-hydrogen) atoms. The zero-order valence-corrected chi connectivity index (χ0v) is 7.70. The number of rotatable bonds is 3. The third-order valence-corrected chi connectivity index (χ3v) is 1.75. The van der Waals surface area contributed by atoms with Crippen LogP contribution < -0.4 is 5.56 Å². The van der Waals surface area contributed by atoms with Crippen molar-refractivity contribution in [2.75, 3.05) is 6.61 Å². The first-order chi connectivity index (χ1) is 6.15. The molecule has 0 aliphatic heterocycles. The molecule has 72 valence electrons. The standard InChI is InChI=1S/C9H13NO3/c1-3-13-9(12)7-4-5-8(11)10-6(7)2/h4-5,9,12H,3H2,1-2H3,(H,10,11). The van der Waals surface area contributed by atoms with Crippen LogP contribution in [0.5, 0.6) is 0 Å². The number of ether oxygens (including phenoxy) is 1. The van der Waals surface area contributed by atoms with Gasteiger partial charge in [-0.2, -0.15) is 0 Å². The zero-order valence-electron chi connectivity index (χ0n) is 7.70. The predicted molar refractivity (Wildman–Crippen MR) is 48.4 cm³/mol. The van der Waals surface area contributed by atoms with Crippen molar-refractivity contribution in [1.82, 2.24) is 4.98 Å². The average Bonchev–Trinajstić information content (AvgIpc) is 2.04. The van der Waals surface area contributed by atoms with Crippen LogP contribution in [-0.4, -0.2) is 16.7 Å². The van der Waals surface area contributed by atoms with Crippen LogP contribution in [0.4, 0.5) is 0 Å². The highest BCUT2D eigenvalue weighted by Gasteiger charge is 2.09. The molecule has 0 amide bonds. The second-order valence-corrected chi connectivity index (χ2v) is 2.71. The molecule has 0 aliphatic carbocycles. The minimum atomic E-state index is -0.957. The average molecular weight is 183 g/mol. The number of H-pyrrole nitrogens is 1. The fourth-order valence-electron chi connectivity index (χ4n) is 1.10. The highest BCUT2D eigenvalue weighted by molar-refractivity contribution is 5.19. The molecule has 0 spiro atoms. The third kappa shape index (κ3) is 2.40. The van der Waals surface area contributed by atoms with Crippen LogP contribution in [0.25, 0.3) is 0 Å². The van der Waals surface area contributed by atoms with Gasteiger partial charge in [-0.3, -0.25) is 4.79 Å². The van der Waals surface area contributed by atoms with Gasteiger partial charge in [0.25, 0.3) is 0 Å². The van der Waals surface area contributed by atoms with Gasteiger partial charge in [0.15, 0.2) is 6.29 Å². The molecule has 0 bridgehead atoms. The van der Waals surface area contributed by atoms with Gasteiger partial charge in [0.1, 0.15) is 0 Å². The molecule has 0 aliphatic rings. The van der Waals surface area contributed by atoms with E-state index in [1.807, 2.05) is 0 Å². The van der Waals surface area contributed by atoms with E-state index in [1.54, 1.807) is 19.9 Å². The Morgan fingerprint density at radius 2 is 2.31 bits per heavy atom. The van der Waals surface area contributed by atoms with Gasteiger partial charge in [0.05, 0.1) is 0 Å². The van der Waals surface area contributed by atoms with Crippen molar-refractivity contribution in [3.63, 3.8) is 0 Å². The Morgan fingerprint density at radius 1 is 1.62 bits per heavy atom. The van der Waals surface area contributed by atoms with E-state index in [4.69, 9.17) is 4.74 Å². The summed E-state index contributed by atoms with van der Waals surface area (Å²) in [6.07, 6.45) is -0.957. The smallest absolute Gasteiger partial charge is 0.248 e. The molecule has 1 atom stereocenters. The maximum absolute atomic E-state index is 10.8. The van der Waals surface area contributed by atoms with E-state index in [1.165, 1.54) is 6.07 Å². The summed E-state index contributed by atoms with van der Waals surface area (Å²) < 4.78 is 4.98. The lowest BCUT2D eigenvalue weighted by atomic mass is 10.2. The topological polar surface area (TPSA) is 62.3 Å². The van der Waals surface area contributed by atoms with E-state index in [9.17, 15) is 9.90 Å². The maximum atomic E-state index is 10.8. The number of hydrogen-bond acceptors (Lipinski definition) is 3. The molecule has 1 aromatic heterocycles. The number of nitrogens with one attached hydrogen (secondary N) is 1. The highest BCUT2D eigenvalue weighted by Crippen LogP contribution is 2.14. The van der Waals surface area contributed by atoms with Crippen molar-refractivity contribution in [3.05, 3.63) is 33.7 Å². The summed E-state index contributed by atoms with van der Waals surface area (Å²) in [6, 6.07) is 2.93. The van der Waals surface area contributed by atoms with Gasteiger partial charge in [-0.15, -0.1) is 0 Å². The first-order valence-corrected chi connectivity index (χ1v) is 4.14. The maximum Gasteiger partial charge on any atom is 0.248 e. The summed E-state index contributed by atoms with van der Waals surface area (Å²) in [5.41, 5.74) is 1.06. The van der Waals surface area contributed by atoms with Gasteiger partial charge in [-0.25, -0.2) is 0 Å². The Labute approximate surface area is 76.2 Å². The van der Waals surface area contributed by atoms with E-state index in [0.717, 1.165) is 0 Å². The Morgan fingerprint density at radius 3 is 2.85 bits per heavy atom. The van der Waals surface area contributed by atoms with Gasteiger partial charge in [0, 0.05) is 23.9 Å². The second-order valence-electron chi connectivity index (χ2n) is 2.71. The highest BCUT2D eigenvalue weighted by atomic mass is 16.6. The first-order valence-electron chi connectivity index (χ1n) is 4.14. The Bertz CT molecular complexity index is 332. The van der Waals surface area contributed by atoms with Gasteiger partial charge in [-0.1, -0.05) is 0 Å². The number of aromatic amines is 1. The second kappa shape index (κ2) is 4.20. The van der Waals surface area contributed by atoms with E-state index in [-0.39, 0.29) is 5.56 Å². The number of pyridine rings is 1. The zero-order chi connectivity index (χ0) is 9.84. The monoisotopic (exact) mass is 183 g/mol. The Kier molecular flexibility index (Phi) is 3.22. The van der Waals surface area contributed by atoms with Gasteiger partial charge in [-0.05, 0) is 19.9 Å². The number of aryl methyl sites for hydroxylation is 1. The summed E-state index contributed by atoms with van der Waals surface area (Å²) in [4.78, 5) is 13.4. The van der Waals surface area contributed by atoms with Crippen LogP contribution in [-0.2, 0) is 4.74 Å². The van der Waals surface area contributed by atoms with E-state index in [0.29, 0.717) is 17.9 Å². The predicted octanol–water partition coefficient (Wildman–Crippen LogP) is 0.711. The fraction of sp³-hybridized carbons (Fsp3) is 0.444. The lowest BCUT2D eigenvalue weighted by Crippen LogP contribution is -2.12. The Hall–Kier alpha value is -1.13. The molecular formula is C9H13NO3. The molecule has 1 aromatic rings. The Balaban J connectivity index is 2.94. The number of aliphatic hydroxyl groups is 1. The van der Waals surface area contributed by atoms with Crippen molar-refractivity contribution in [2.45, 2.75) is 20.1 Å². The van der Waals surface area contributed by atoms with Crippen LogP contribution in [0, 0.1) is 6.92 Å². The summed E-state index contributed by atoms with van der Waals surface area (Å²) in [5, 5.41) is 9.45. The molecule has 0 fully saturated rings. The van der Waals surface area contributed by atoms with Crippen molar-refractivity contribution in [1.29, 1.82) is 0 Å². The van der Waals surface area contributed by atoms with Crippen LogP contribution in [0.1, 0.15) is 24.5 Å². The van der Waals surface area contributed by atoms with E-state index < -0.39 is 6.29 Å². The molecular weight excluding hydrogens is 170 g/mol. The summed E-state index contributed by atoms with van der Waals surface area (Å²) in [5.74, 6) is 0. The van der Waals surface area contributed by atoms with Gasteiger partial charge < -0.3 is 14.8 Å². The first kappa shape index (κ1) is 9.95. The number of aliphatic hydroxyl groups excluding tert-OH is 1. The lowest BCUT2D eigenvalue weighted by Gasteiger charge is -2.12. The van der Waals surface area contributed by atoms with Crippen molar-refractivity contribution in [2.24, 2.45) is 0 Å². The van der Waals surface area contributed by atoms with E-state index >= 15 is 0 Å². The normalized spacial score (nSPS) is 12.8. The van der Waals surface area contributed by atoms with Gasteiger partial charge in [0.2, 0.25) is 5.56 Å². The minimum Gasteiger partial charge on any atom is -0.364 e. The molecule has 4 nitrogen and oxygen atoms in total. The molecule has 4 heteroatoms. The van der Waals surface area contributed by atoms with Crippen LogP contribution in [0.15, 0.2) is 16.9 Å². The molecule has 0 saturated heterocycles. The number of hydrogen-bond donors (Lipinski definition) is 2. The molecule has 1 heterocycles. The summed E-state index contributed by atoms with van der Waals surface area (Å²) >= 11 is 0. The van der Waals surface area contributed by atoms with Crippen LogP contribution in [0.2, 0.25) is 0 Å². The molecule has 0 radical (unpaired) electrons. The minimum absolute atomic E-state index is 0.176. The summed E-state index contributed by atoms with van der Waals surface area (Å²) in [6.45, 7) is 3.95. The van der Waals surface area contributed by atoms with Crippen molar-refractivity contribution in [3.8, 4) is 0 Å². The summed E-state index contributed by atoms with van der Waals surface area (Å²) in [7, 11) is 0. The van der Waals surface area contributed by atoms with Crippen molar-refractivity contribution >= 4 is 0 Å². The third-order valence-electron chi connectivity index (χ3n) is 1.75. The number of aromatic nitrogens is 1. The molecule has 1 unspecified atom stereocenters. The SMILES string of the molecule is CCOC(O)c1ccc(=O)[nH]c1C. The molecule has 2 N–H and O–H groups in total. The molecule has 0 saturated carbocycles. The molecule has 0 aromatic carbocycles. The van der Waals surface area contributed by atoms with Gasteiger partial charge >= 0.3 is 0 Å². The molecule has 1 rings (SSSR count). The van der Waals surface area contributed by atoms with Crippen LogP contribution in [0.3, 0.4) is 0 Å². The van der Waals surface area contributed by atoms with Crippen molar-refractivity contribution < 1.29 is 9.84 Å². The largest absolute Gasteiger partial charge is 0.364 e. The fourth-order valence-corrected chi connectivity index (χ4v) is 1.10. The quantitative estimate of drug-likeness (QED) is 0.678. The lowest BCUT2D eigenvalue weighted by molar-refractivity contribution is -0.0985. The van der Waals surface area contributed by atoms with Crippen LogP contribution >= 0.6 is 0 Å².